The molecule has 3 heteroatoms. The van der Waals surface area contributed by atoms with Crippen LogP contribution in [-0.4, -0.2) is 23.7 Å². The van der Waals surface area contributed by atoms with Gasteiger partial charge in [-0.15, -0.1) is 0 Å². The lowest BCUT2D eigenvalue weighted by molar-refractivity contribution is -0.140. The van der Waals surface area contributed by atoms with E-state index in [1.165, 1.54) is 0 Å². The largest absolute Gasteiger partial charge is 0.480 e. The van der Waals surface area contributed by atoms with Crippen molar-refractivity contribution in [3.63, 3.8) is 0 Å². The Morgan fingerprint density at radius 1 is 1.46 bits per heavy atom. The molecule has 0 amide bonds. The first-order chi connectivity index (χ1) is 5.91. The number of carboxylic acids is 1. The first kappa shape index (κ1) is 10.5. The summed E-state index contributed by atoms with van der Waals surface area (Å²) in [5, 5.41) is 11.9. The van der Waals surface area contributed by atoms with E-state index in [1.807, 2.05) is 0 Å². The van der Waals surface area contributed by atoms with Crippen molar-refractivity contribution in [1.82, 2.24) is 5.32 Å². The van der Waals surface area contributed by atoms with Gasteiger partial charge in [0.2, 0.25) is 0 Å². The van der Waals surface area contributed by atoms with E-state index in [1.54, 1.807) is 0 Å². The molecule has 1 saturated heterocycles. The van der Waals surface area contributed by atoms with Gasteiger partial charge < -0.3 is 10.4 Å². The van der Waals surface area contributed by atoms with Gasteiger partial charge in [-0.2, -0.15) is 0 Å². The zero-order chi connectivity index (χ0) is 10.1. The third-order valence-electron chi connectivity index (χ3n) is 2.93. The van der Waals surface area contributed by atoms with Gasteiger partial charge in [0.1, 0.15) is 6.04 Å². The Bertz CT molecular complexity index is 196. The zero-order valence-electron chi connectivity index (χ0n) is 8.63. The van der Waals surface area contributed by atoms with E-state index in [9.17, 15) is 4.79 Å². The maximum Gasteiger partial charge on any atom is 0.320 e. The minimum atomic E-state index is -0.714. The van der Waals surface area contributed by atoms with Crippen molar-refractivity contribution in [1.29, 1.82) is 0 Å². The van der Waals surface area contributed by atoms with E-state index >= 15 is 0 Å². The second-order valence-corrected chi connectivity index (χ2v) is 4.93. The van der Waals surface area contributed by atoms with E-state index in [4.69, 9.17) is 5.11 Å². The highest BCUT2D eigenvalue weighted by atomic mass is 16.4. The molecule has 0 bridgehead atoms. The SMILES string of the molecule is CC(C)(C)[C@@H]1CCN[C@H](C(=O)O)C1. The highest BCUT2D eigenvalue weighted by Gasteiger charge is 2.33. The average molecular weight is 185 g/mol. The molecule has 1 fully saturated rings. The van der Waals surface area contributed by atoms with Crippen LogP contribution in [0.4, 0.5) is 0 Å². The first-order valence-corrected chi connectivity index (χ1v) is 4.87. The molecule has 1 rings (SSSR count). The fraction of sp³-hybridized carbons (Fsp3) is 0.900. The monoisotopic (exact) mass is 185 g/mol. The van der Waals surface area contributed by atoms with Gasteiger partial charge in [-0.05, 0) is 30.7 Å². The summed E-state index contributed by atoms with van der Waals surface area (Å²) in [6, 6.07) is -0.335. The van der Waals surface area contributed by atoms with Gasteiger partial charge in [0.25, 0.3) is 0 Å². The lowest BCUT2D eigenvalue weighted by atomic mass is 9.74. The highest BCUT2D eigenvalue weighted by molar-refractivity contribution is 5.73. The number of hydrogen-bond acceptors (Lipinski definition) is 2. The number of hydrogen-bond donors (Lipinski definition) is 2. The van der Waals surface area contributed by atoms with Gasteiger partial charge >= 0.3 is 5.97 Å². The fourth-order valence-electron chi connectivity index (χ4n) is 1.89. The van der Waals surface area contributed by atoms with Crippen LogP contribution in [0.1, 0.15) is 33.6 Å². The van der Waals surface area contributed by atoms with Crippen LogP contribution in [0.15, 0.2) is 0 Å². The number of carbonyl (C=O) groups is 1. The van der Waals surface area contributed by atoms with Crippen molar-refractivity contribution in [2.75, 3.05) is 6.54 Å². The Morgan fingerprint density at radius 2 is 2.08 bits per heavy atom. The third-order valence-corrected chi connectivity index (χ3v) is 2.93. The predicted molar refractivity (Wildman–Crippen MR) is 51.6 cm³/mol. The summed E-state index contributed by atoms with van der Waals surface area (Å²) in [6.45, 7) is 7.38. The van der Waals surface area contributed by atoms with E-state index < -0.39 is 5.97 Å². The van der Waals surface area contributed by atoms with E-state index in [2.05, 4.69) is 26.1 Å². The van der Waals surface area contributed by atoms with Crippen molar-refractivity contribution >= 4 is 5.97 Å². The predicted octanol–water partition coefficient (Wildman–Crippen LogP) is 1.49. The zero-order valence-corrected chi connectivity index (χ0v) is 8.63. The summed E-state index contributed by atoms with van der Waals surface area (Å²) in [6.07, 6.45) is 1.85. The summed E-state index contributed by atoms with van der Waals surface area (Å²) < 4.78 is 0. The summed E-state index contributed by atoms with van der Waals surface area (Å²) in [5.74, 6) is -0.191. The van der Waals surface area contributed by atoms with Gasteiger partial charge in [-0.1, -0.05) is 20.8 Å². The number of aliphatic carboxylic acids is 1. The molecule has 2 N–H and O–H groups in total. The number of piperidine rings is 1. The molecule has 0 radical (unpaired) electrons. The first-order valence-electron chi connectivity index (χ1n) is 4.87. The summed E-state index contributed by atoms with van der Waals surface area (Å²) in [5.41, 5.74) is 0.232. The van der Waals surface area contributed by atoms with Crippen molar-refractivity contribution < 1.29 is 9.90 Å². The molecule has 2 atom stereocenters. The Hall–Kier alpha value is -0.570. The molecule has 0 spiro atoms. The molecule has 0 saturated carbocycles. The fourth-order valence-corrected chi connectivity index (χ4v) is 1.89. The lowest BCUT2D eigenvalue weighted by Gasteiger charge is -2.36. The normalized spacial score (nSPS) is 30.1. The van der Waals surface area contributed by atoms with Gasteiger partial charge in [0.15, 0.2) is 0 Å². The van der Waals surface area contributed by atoms with Gasteiger partial charge in [0, 0.05) is 0 Å². The molecule has 0 aromatic rings. The van der Waals surface area contributed by atoms with Crippen molar-refractivity contribution in [2.45, 2.75) is 39.7 Å². The topological polar surface area (TPSA) is 49.3 Å². The average Bonchev–Trinajstić information content (AvgIpc) is 2.03. The maximum atomic E-state index is 10.8. The Balaban J connectivity index is 2.57. The summed E-state index contributed by atoms with van der Waals surface area (Å²) >= 11 is 0. The highest BCUT2D eigenvalue weighted by Crippen LogP contribution is 2.34. The minimum Gasteiger partial charge on any atom is -0.480 e. The van der Waals surface area contributed by atoms with Crippen LogP contribution in [-0.2, 0) is 4.79 Å². The van der Waals surface area contributed by atoms with Crippen LogP contribution < -0.4 is 5.32 Å². The lowest BCUT2D eigenvalue weighted by Crippen LogP contribution is -2.46. The minimum absolute atomic E-state index is 0.232. The van der Waals surface area contributed by atoms with Crippen molar-refractivity contribution in [3.05, 3.63) is 0 Å². The molecule has 3 nitrogen and oxygen atoms in total. The Labute approximate surface area is 79.5 Å². The second kappa shape index (κ2) is 3.66. The molecular formula is C10H19NO2. The molecule has 0 aromatic heterocycles. The smallest absolute Gasteiger partial charge is 0.320 e. The molecule has 1 aliphatic rings. The van der Waals surface area contributed by atoms with E-state index in [0.29, 0.717) is 5.92 Å². The standard InChI is InChI=1S/C10H19NO2/c1-10(2,3)7-4-5-11-8(6-7)9(12)13/h7-8,11H,4-6H2,1-3H3,(H,12,13)/t7-,8+/m1/s1. The molecular weight excluding hydrogens is 166 g/mol. The third kappa shape index (κ3) is 2.69. The van der Waals surface area contributed by atoms with E-state index in [-0.39, 0.29) is 11.5 Å². The van der Waals surface area contributed by atoms with Crippen molar-refractivity contribution in [2.24, 2.45) is 11.3 Å². The van der Waals surface area contributed by atoms with Gasteiger partial charge in [-0.3, -0.25) is 4.79 Å². The summed E-state index contributed by atoms with van der Waals surface area (Å²) in [4.78, 5) is 10.8. The Morgan fingerprint density at radius 3 is 2.54 bits per heavy atom. The van der Waals surface area contributed by atoms with Crippen LogP contribution >= 0.6 is 0 Å². The Kier molecular flexibility index (Phi) is 2.96. The summed E-state index contributed by atoms with van der Waals surface area (Å²) in [7, 11) is 0. The van der Waals surface area contributed by atoms with Crippen LogP contribution in [0.3, 0.4) is 0 Å². The molecule has 0 aliphatic carbocycles. The molecule has 1 heterocycles. The van der Waals surface area contributed by atoms with Crippen LogP contribution in [0.2, 0.25) is 0 Å². The maximum absolute atomic E-state index is 10.8. The quantitative estimate of drug-likeness (QED) is 0.650. The number of carboxylic acid groups (broad SMARTS) is 1. The molecule has 13 heavy (non-hydrogen) atoms. The van der Waals surface area contributed by atoms with Crippen molar-refractivity contribution in [3.8, 4) is 0 Å². The second-order valence-electron chi connectivity index (χ2n) is 4.93. The van der Waals surface area contributed by atoms with Crippen LogP contribution in [0, 0.1) is 11.3 Å². The van der Waals surface area contributed by atoms with E-state index in [0.717, 1.165) is 19.4 Å². The number of nitrogens with one attached hydrogen (secondary N) is 1. The molecule has 0 unspecified atom stereocenters. The van der Waals surface area contributed by atoms with Crippen LogP contribution in [0.5, 0.6) is 0 Å². The van der Waals surface area contributed by atoms with Crippen LogP contribution in [0.25, 0.3) is 0 Å². The molecule has 0 aromatic carbocycles. The number of rotatable bonds is 1. The van der Waals surface area contributed by atoms with Gasteiger partial charge in [-0.25, -0.2) is 0 Å². The van der Waals surface area contributed by atoms with Gasteiger partial charge in [0.05, 0.1) is 0 Å². The molecule has 1 aliphatic heterocycles. The molecule has 76 valence electrons.